The van der Waals surface area contributed by atoms with Crippen molar-refractivity contribution in [2.24, 2.45) is 0 Å². The Morgan fingerprint density at radius 2 is 1.14 bits per heavy atom. The van der Waals surface area contributed by atoms with Crippen LogP contribution in [0.3, 0.4) is 0 Å². The predicted molar refractivity (Wildman–Crippen MR) is 170 cm³/mol. The third kappa shape index (κ3) is 9.44. The highest BCUT2D eigenvalue weighted by molar-refractivity contribution is 6.57. The third-order valence-corrected chi connectivity index (χ3v) is 6.83. The second-order valence-electron chi connectivity index (χ2n) is 10.9. The van der Waals surface area contributed by atoms with Crippen molar-refractivity contribution in [3.63, 3.8) is 0 Å². The Labute approximate surface area is 255 Å². The molecule has 0 aliphatic heterocycles. The van der Waals surface area contributed by atoms with Crippen molar-refractivity contribution in [1.29, 1.82) is 0 Å². The van der Waals surface area contributed by atoms with Crippen LogP contribution in [0.1, 0.15) is 100 Å². The van der Waals surface area contributed by atoms with Crippen LogP contribution in [0, 0.1) is 27.7 Å². The number of imidazole rings is 2. The number of hydrogen-bond acceptors (Lipinski definition) is 8. The van der Waals surface area contributed by atoms with E-state index < -0.39 is 7.12 Å². The van der Waals surface area contributed by atoms with Gasteiger partial charge in [0.2, 0.25) is 5.28 Å². The van der Waals surface area contributed by atoms with Gasteiger partial charge in [0, 0.05) is 42.1 Å². The standard InChI is InChI=1S/C15H22N4.C9H13ClN2.C6H11BN2O2/c1-6-7-19-9-16-8-13(19)15-17-11(4)14(10(2)3)12(5)18-15;1-5(2)8-6(3)11-9(10)12-7(8)4;1-2-3-9-5-8-4-6(9)7(10)11/h8-10H,6-7H2,1-5H3;5H,1-4H3;4-5,10-11H,2-3H2,1H3. The van der Waals surface area contributed by atoms with Gasteiger partial charge >= 0.3 is 7.12 Å². The van der Waals surface area contributed by atoms with Gasteiger partial charge in [0.05, 0.1) is 24.4 Å². The lowest BCUT2D eigenvalue weighted by Gasteiger charge is -2.14. The minimum Gasteiger partial charge on any atom is -0.422 e. The van der Waals surface area contributed by atoms with Crippen LogP contribution in [-0.2, 0) is 13.1 Å². The van der Waals surface area contributed by atoms with Crippen LogP contribution < -0.4 is 5.59 Å². The molecule has 4 rings (SSSR count). The van der Waals surface area contributed by atoms with Crippen molar-refractivity contribution in [2.75, 3.05) is 0 Å². The number of halogens is 1. The van der Waals surface area contributed by atoms with Crippen molar-refractivity contribution in [3.8, 4) is 11.5 Å². The molecule has 0 atom stereocenters. The van der Waals surface area contributed by atoms with E-state index in [2.05, 4.69) is 82.9 Å². The van der Waals surface area contributed by atoms with Gasteiger partial charge < -0.3 is 19.2 Å². The molecule has 0 bridgehead atoms. The van der Waals surface area contributed by atoms with E-state index in [9.17, 15) is 0 Å². The molecule has 228 valence electrons. The molecule has 0 saturated heterocycles. The third-order valence-electron chi connectivity index (χ3n) is 6.66. The zero-order chi connectivity index (χ0) is 31.6. The average Bonchev–Trinajstić information content (AvgIpc) is 3.53. The highest BCUT2D eigenvalue weighted by Crippen LogP contribution is 2.24. The fourth-order valence-electron chi connectivity index (χ4n) is 5.09. The van der Waals surface area contributed by atoms with E-state index in [4.69, 9.17) is 21.6 Å². The summed E-state index contributed by atoms with van der Waals surface area (Å²) in [5.74, 6) is 1.70. The van der Waals surface area contributed by atoms with Gasteiger partial charge in [-0.05, 0) is 75.1 Å². The van der Waals surface area contributed by atoms with Crippen LogP contribution in [0.25, 0.3) is 11.5 Å². The van der Waals surface area contributed by atoms with Gasteiger partial charge in [0.15, 0.2) is 5.82 Å². The number of aryl methyl sites for hydroxylation is 6. The van der Waals surface area contributed by atoms with E-state index in [1.807, 2.05) is 33.3 Å². The van der Waals surface area contributed by atoms with E-state index in [1.54, 1.807) is 10.9 Å². The maximum Gasteiger partial charge on any atom is 0.507 e. The summed E-state index contributed by atoms with van der Waals surface area (Å²) in [5.41, 5.74) is 8.04. The summed E-state index contributed by atoms with van der Waals surface area (Å²) in [6.07, 6.45) is 8.78. The maximum atomic E-state index is 8.81. The van der Waals surface area contributed by atoms with Gasteiger partial charge in [0.1, 0.15) is 5.69 Å². The molecule has 4 heterocycles. The quantitative estimate of drug-likeness (QED) is 0.206. The van der Waals surface area contributed by atoms with E-state index in [0.29, 0.717) is 22.7 Å². The molecule has 4 aromatic rings. The van der Waals surface area contributed by atoms with E-state index >= 15 is 0 Å². The minimum atomic E-state index is -1.41. The fraction of sp³-hybridized carbons (Fsp3) is 0.533. The topological polar surface area (TPSA) is 128 Å². The SMILES string of the molecule is CCCn1cncc1-c1nc(C)c(C(C)C)c(C)n1.CCCn1cncc1B(O)O.Cc1nc(Cl)nc(C)c1C(C)C. The first-order valence-corrected chi connectivity index (χ1v) is 14.9. The highest BCUT2D eigenvalue weighted by atomic mass is 35.5. The lowest BCUT2D eigenvalue weighted by Crippen LogP contribution is -2.35. The smallest absolute Gasteiger partial charge is 0.422 e. The molecule has 0 amide bonds. The van der Waals surface area contributed by atoms with Crippen molar-refractivity contribution in [3.05, 3.63) is 64.2 Å². The molecule has 0 radical (unpaired) electrons. The van der Waals surface area contributed by atoms with Crippen molar-refractivity contribution in [2.45, 2.75) is 107 Å². The molecule has 42 heavy (non-hydrogen) atoms. The van der Waals surface area contributed by atoms with Gasteiger partial charge in [-0.15, -0.1) is 0 Å². The van der Waals surface area contributed by atoms with Crippen LogP contribution in [-0.4, -0.2) is 56.2 Å². The Balaban J connectivity index is 0.000000233. The summed E-state index contributed by atoms with van der Waals surface area (Å²) in [6.45, 7) is 22.6. The molecule has 2 N–H and O–H groups in total. The molecule has 0 aromatic carbocycles. The van der Waals surface area contributed by atoms with Crippen LogP contribution >= 0.6 is 11.6 Å². The van der Waals surface area contributed by atoms with Gasteiger partial charge in [-0.2, -0.15) is 0 Å². The van der Waals surface area contributed by atoms with Crippen molar-refractivity contribution < 1.29 is 10.0 Å². The molecular weight excluding hydrogens is 551 g/mol. The lowest BCUT2D eigenvalue weighted by atomic mass is 9.87. The number of rotatable bonds is 8. The van der Waals surface area contributed by atoms with Crippen molar-refractivity contribution >= 4 is 24.3 Å². The minimum absolute atomic E-state index is 0.342. The first-order valence-electron chi connectivity index (χ1n) is 14.5. The predicted octanol–water partition coefficient (Wildman–Crippen LogP) is 5.33. The molecule has 12 heteroatoms. The summed E-state index contributed by atoms with van der Waals surface area (Å²) in [7, 11) is -1.41. The summed E-state index contributed by atoms with van der Waals surface area (Å²) in [6, 6.07) is 0. The first kappa shape index (κ1) is 35.1. The second kappa shape index (κ2) is 16.5. The first-order chi connectivity index (χ1) is 19.8. The molecule has 0 spiro atoms. The molecule has 4 aromatic heterocycles. The van der Waals surface area contributed by atoms with Crippen LogP contribution in [0.5, 0.6) is 0 Å². The molecule has 0 aliphatic rings. The Hall–Kier alpha value is -3.15. The normalized spacial score (nSPS) is 10.8. The lowest BCUT2D eigenvalue weighted by molar-refractivity contribution is 0.421. The monoisotopic (exact) mass is 596 g/mol. The zero-order valence-electron chi connectivity index (χ0n) is 26.7. The summed E-state index contributed by atoms with van der Waals surface area (Å²) in [4.78, 5) is 25.6. The Morgan fingerprint density at radius 1 is 0.714 bits per heavy atom. The maximum absolute atomic E-state index is 8.81. The number of nitrogens with zero attached hydrogens (tertiary/aromatic N) is 8. The molecule has 10 nitrogen and oxygen atoms in total. The number of hydrogen-bond donors (Lipinski definition) is 2. The summed E-state index contributed by atoms with van der Waals surface area (Å²) >= 11 is 5.70. The Morgan fingerprint density at radius 3 is 1.60 bits per heavy atom. The summed E-state index contributed by atoms with van der Waals surface area (Å²) < 4.78 is 3.84. The molecule has 0 unspecified atom stereocenters. The largest absolute Gasteiger partial charge is 0.507 e. The van der Waals surface area contributed by atoms with Gasteiger partial charge in [-0.3, -0.25) is 0 Å². The molecule has 0 saturated carbocycles. The van der Waals surface area contributed by atoms with Crippen molar-refractivity contribution in [1.82, 2.24) is 39.0 Å². The van der Waals surface area contributed by atoms with E-state index in [1.165, 1.54) is 17.3 Å². The van der Waals surface area contributed by atoms with Gasteiger partial charge in [0.25, 0.3) is 0 Å². The molecular formula is C30H46BClN8O2. The highest BCUT2D eigenvalue weighted by Gasteiger charge is 2.16. The number of aromatic nitrogens is 8. The molecule has 0 fully saturated rings. The van der Waals surface area contributed by atoms with Crippen LogP contribution in [0.4, 0.5) is 0 Å². The second-order valence-corrected chi connectivity index (χ2v) is 11.2. The average molecular weight is 597 g/mol. The van der Waals surface area contributed by atoms with Crippen LogP contribution in [0.2, 0.25) is 5.28 Å². The van der Waals surface area contributed by atoms with Crippen LogP contribution in [0.15, 0.2) is 25.0 Å². The van der Waals surface area contributed by atoms with E-state index in [0.717, 1.165) is 60.2 Å². The molecule has 0 aliphatic carbocycles. The fourth-order valence-corrected chi connectivity index (χ4v) is 5.35. The Bertz CT molecular complexity index is 1370. The van der Waals surface area contributed by atoms with Gasteiger partial charge in [-0.1, -0.05) is 41.5 Å². The van der Waals surface area contributed by atoms with E-state index in [-0.39, 0.29) is 0 Å². The Kier molecular flexibility index (Phi) is 13.8. The zero-order valence-corrected chi connectivity index (χ0v) is 27.5. The van der Waals surface area contributed by atoms with Gasteiger partial charge in [-0.25, -0.2) is 29.9 Å². The summed E-state index contributed by atoms with van der Waals surface area (Å²) in [5, 5.41) is 18.0.